The highest BCUT2D eigenvalue weighted by Gasteiger charge is 2.28. The van der Waals surface area contributed by atoms with E-state index in [9.17, 15) is 14.4 Å². The molecular weight excluding hydrogens is 394 g/mol. The van der Waals surface area contributed by atoms with E-state index in [0.717, 1.165) is 24.9 Å². The molecule has 0 bridgehead atoms. The number of piperidine rings is 1. The van der Waals surface area contributed by atoms with Gasteiger partial charge in [-0.05, 0) is 63.1 Å². The molecule has 1 heterocycles. The van der Waals surface area contributed by atoms with E-state index in [1.165, 1.54) is 0 Å². The second-order valence-electron chi connectivity index (χ2n) is 7.74. The number of hydrogen-bond acceptors (Lipinski definition) is 5. The van der Waals surface area contributed by atoms with Crippen LogP contribution in [-0.4, -0.2) is 48.9 Å². The molecule has 1 aliphatic heterocycles. The molecule has 0 unspecified atom stereocenters. The smallest absolute Gasteiger partial charge is 0.310 e. The van der Waals surface area contributed by atoms with Crippen LogP contribution in [-0.2, 0) is 14.3 Å². The van der Waals surface area contributed by atoms with Crippen molar-refractivity contribution in [1.29, 1.82) is 0 Å². The highest BCUT2D eigenvalue weighted by atomic mass is 16.5. The molecule has 2 aromatic carbocycles. The van der Waals surface area contributed by atoms with Crippen LogP contribution in [0.15, 0.2) is 48.5 Å². The van der Waals surface area contributed by atoms with Gasteiger partial charge in [0.05, 0.1) is 30.3 Å². The molecule has 2 amide bonds. The molecule has 0 aromatic heterocycles. The third kappa shape index (κ3) is 6.39. The molecule has 0 saturated carbocycles. The van der Waals surface area contributed by atoms with E-state index in [0.29, 0.717) is 30.1 Å². The predicted molar refractivity (Wildman–Crippen MR) is 120 cm³/mol. The topological polar surface area (TPSA) is 87.7 Å². The van der Waals surface area contributed by atoms with Gasteiger partial charge in [-0.15, -0.1) is 0 Å². The number of amides is 2. The first-order chi connectivity index (χ1) is 15.0. The number of aryl methyl sites for hydroxylation is 1. The summed E-state index contributed by atoms with van der Waals surface area (Å²) in [5.74, 6) is -0.915. The van der Waals surface area contributed by atoms with Crippen LogP contribution in [0.1, 0.15) is 35.7 Å². The number of nitrogens with one attached hydrogen (secondary N) is 2. The van der Waals surface area contributed by atoms with Gasteiger partial charge in [-0.2, -0.15) is 0 Å². The molecule has 7 heteroatoms. The van der Waals surface area contributed by atoms with Gasteiger partial charge in [0, 0.05) is 12.2 Å². The van der Waals surface area contributed by atoms with Crippen LogP contribution in [0.3, 0.4) is 0 Å². The van der Waals surface area contributed by atoms with Crippen LogP contribution in [0.5, 0.6) is 0 Å². The zero-order valence-corrected chi connectivity index (χ0v) is 18.0. The monoisotopic (exact) mass is 423 g/mol. The molecule has 1 aliphatic rings. The molecule has 164 valence electrons. The maximum atomic E-state index is 12.8. The quantitative estimate of drug-likeness (QED) is 0.666. The van der Waals surface area contributed by atoms with Gasteiger partial charge in [0.15, 0.2) is 0 Å². The molecule has 1 atom stereocenters. The van der Waals surface area contributed by atoms with Crippen molar-refractivity contribution in [3.63, 3.8) is 0 Å². The Balaban J connectivity index is 1.61. The van der Waals surface area contributed by atoms with Crippen LogP contribution >= 0.6 is 0 Å². The number of carbonyl (C=O) groups excluding carboxylic acids is 3. The first-order valence-electron chi connectivity index (χ1n) is 10.6. The van der Waals surface area contributed by atoms with Gasteiger partial charge in [0.2, 0.25) is 5.91 Å². The molecule has 0 spiro atoms. The molecule has 0 radical (unpaired) electrons. The number of anilines is 2. The molecular formula is C24H29N3O4. The second kappa shape index (κ2) is 10.7. The van der Waals surface area contributed by atoms with Crippen molar-refractivity contribution in [1.82, 2.24) is 4.90 Å². The first-order valence-corrected chi connectivity index (χ1v) is 10.6. The number of rotatable bonds is 7. The lowest BCUT2D eigenvalue weighted by Gasteiger charge is -2.30. The Morgan fingerprint density at radius 2 is 1.90 bits per heavy atom. The van der Waals surface area contributed by atoms with Crippen molar-refractivity contribution in [3.8, 4) is 0 Å². The van der Waals surface area contributed by atoms with Crippen LogP contribution < -0.4 is 10.6 Å². The lowest BCUT2D eigenvalue weighted by Crippen LogP contribution is -2.43. The van der Waals surface area contributed by atoms with E-state index in [1.54, 1.807) is 31.2 Å². The van der Waals surface area contributed by atoms with Crippen molar-refractivity contribution in [2.45, 2.75) is 26.7 Å². The highest BCUT2D eigenvalue weighted by molar-refractivity contribution is 6.10. The third-order valence-electron chi connectivity index (χ3n) is 5.21. The summed E-state index contributed by atoms with van der Waals surface area (Å²) in [4.78, 5) is 39.4. The summed E-state index contributed by atoms with van der Waals surface area (Å²) in [5.41, 5.74) is 2.59. The molecule has 1 saturated heterocycles. The number of hydrogen-bond donors (Lipinski definition) is 2. The number of esters is 1. The summed E-state index contributed by atoms with van der Waals surface area (Å²) in [5, 5.41) is 5.72. The summed E-state index contributed by atoms with van der Waals surface area (Å²) in [7, 11) is 0. The standard InChI is InChI=1S/C24H29N3O4/c1-3-31-24(30)18-9-7-13-27(15-18)16-22(28)26-21-12-5-4-11-20(21)23(29)25-19-10-6-8-17(2)14-19/h4-6,8,10-12,14,18H,3,7,9,13,15-16H2,1-2H3,(H,25,29)(H,26,28)/t18-/m1/s1. The Kier molecular flexibility index (Phi) is 7.78. The maximum absolute atomic E-state index is 12.8. The Morgan fingerprint density at radius 1 is 1.10 bits per heavy atom. The molecule has 1 fully saturated rings. The van der Waals surface area contributed by atoms with Gasteiger partial charge < -0.3 is 15.4 Å². The normalized spacial score (nSPS) is 16.4. The average Bonchev–Trinajstić information content (AvgIpc) is 2.74. The summed E-state index contributed by atoms with van der Waals surface area (Å²) >= 11 is 0. The highest BCUT2D eigenvalue weighted by Crippen LogP contribution is 2.20. The van der Waals surface area contributed by atoms with Crippen LogP contribution in [0.4, 0.5) is 11.4 Å². The van der Waals surface area contributed by atoms with Crippen molar-refractivity contribution < 1.29 is 19.1 Å². The lowest BCUT2D eigenvalue weighted by molar-refractivity contribution is -0.150. The zero-order valence-electron chi connectivity index (χ0n) is 18.0. The van der Waals surface area contributed by atoms with Gasteiger partial charge in [0.25, 0.3) is 5.91 Å². The number of carbonyl (C=O) groups is 3. The van der Waals surface area contributed by atoms with Gasteiger partial charge >= 0.3 is 5.97 Å². The minimum Gasteiger partial charge on any atom is -0.466 e. The molecule has 2 aromatic rings. The molecule has 2 N–H and O–H groups in total. The fraction of sp³-hybridized carbons (Fsp3) is 0.375. The van der Waals surface area contributed by atoms with Crippen molar-refractivity contribution in [2.24, 2.45) is 5.92 Å². The second-order valence-corrected chi connectivity index (χ2v) is 7.74. The minimum absolute atomic E-state index is 0.156. The number of ether oxygens (including phenoxy) is 1. The summed E-state index contributed by atoms with van der Waals surface area (Å²) in [6.07, 6.45) is 1.62. The van der Waals surface area contributed by atoms with E-state index >= 15 is 0 Å². The van der Waals surface area contributed by atoms with E-state index in [2.05, 4.69) is 10.6 Å². The van der Waals surface area contributed by atoms with Gasteiger partial charge in [-0.25, -0.2) is 0 Å². The lowest BCUT2D eigenvalue weighted by atomic mass is 9.98. The number of para-hydroxylation sites is 1. The van der Waals surface area contributed by atoms with Crippen LogP contribution in [0, 0.1) is 12.8 Å². The Morgan fingerprint density at radius 3 is 2.68 bits per heavy atom. The van der Waals surface area contributed by atoms with Crippen molar-refractivity contribution in [2.75, 3.05) is 36.9 Å². The number of benzene rings is 2. The summed E-state index contributed by atoms with van der Waals surface area (Å²) in [6.45, 7) is 5.51. The molecule has 31 heavy (non-hydrogen) atoms. The fourth-order valence-corrected chi connectivity index (χ4v) is 3.76. The zero-order chi connectivity index (χ0) is 22.2. The van der Waals surface area contributed by atoms with Crippen molar-refractivity contribution >= 4 is 29.2 Å². The molecule has 7 nitrogen and oxygen atoms in total. The molecule has 0 aliphatic carbocycles. The first kappa shape index (κ1) is 22.5. The third-order valence-corrected chi connectivity index (χ3v) is 5.21. The number of nitrogens with zero attached hydrogens (tertiary/aromatic N) is 1. The fourth-order valence-electron chi connectivity index (χ4n) is 3.76. The average molecular weight is 424 g/mol. The SMILES string of the molecule is CCOC(=O)[C@@H]1CCCN(CC(=O)Nc2ccccc2C(=O)Nc2cccc(C)c2)C1. The minimum atomic E-state index is -0.290. The summed E-state index contributed by atoms with van der Waals surface area (Å²) < 4.78 is 5.12. The predicted octanol–water partition coefficient (Wildman–Crippen LogP) is 3.46. The van der Waals surface area contributed by atoms with E-state index in [1.807, 2.05) is 36.1 Å². The van der Waals surface area contributed by atoms with Crippen molar-refractivity contribution in [3.05, 3.63) is 59.7 Å². The molecule has 3 rings (SSSR count). The van der Waals surface area contributed by atoms with E-state index in [4.69, 9.17) is 4.74 Å². The summed E-state index contributed by atoms with van der Waals surface area (Å²) in [6, 6.07) is 14.5. The van der Waals surface area contributed by atoms with E-state index in [-0.39, 0.29) is 30.2 Å². The van der Waals surface area contributed by atoms with Crippen LogP contribution in [0.25, 0.3) is 0 Å². The maximum Gasteiger partial charge on any atom is 0.310 e. The number of likely N-dealkylation sites (tertiary alicyclic amines) is 1. The van der Waals surface area contributed by atoms with Crippen LogP contribution in [0.2, 0.25) is 0 Å². The van der Waals surface area contributed by atoms with Gasteiger partial charge in [-0.1, -0.05) is 24.3 Å². The van der Waals surface area contributed by atoms with Gasteiger partial charge in [0.1, 0.15) is 0 Å². The largest absolute Gasteiger partial charge is 0.466 e. The van der Waals surface area contributed by atoms with E-state index < -0.39 is 0 Å². The Bertz CT molecular complexity index is 944. The Labute approximate surface area is 182 Å². The Hall–Kier alpha value is -3.19. The van der Waals surface area contributed by atoms with Gasteiger partial charge in [-0.3, -0.25) is 19.3 Å².